The lowest BCUT2D eigenvalue weighted by Crippen LogP contribution is -2.48. The Morgan fingerprint density at radius 3 is 2.60 bits per heavy atom. The van der Waals surface area contributed by atoms with Gasteiger partial charge in [-0.3, -0.25) is 0 Å². The molecule has 1 aromatic rings. The summed E-state index contributed by atoms with van der Waals surface area (Å²) < 4.78 is 29.3. The van der Waals surface area contributed by atoms with Gasteiger partial charge in [-0.2, -0.15) is 0 Å². The molecular weight excluding hydrogens is 340 g/mol. The summed E-state index contributed by atoms with van der Waals surface area (Å²) in [6.45, 7) is 3.47. The molecule has 0 radical (unpaired) electrons. The van der Waals surface area contributed by atoms with Gasteiger partial charge in [-0.1, -0.05) is 29.8 Å². The largest absolute Gasteiger partial charge is 0.371 e. The van der Waals surface area contributed by atoms with E-state index in [-0.39, 0.29) is 24.7 Å². The van der Waals surface area contributed by atoms with E-state index in [0.717, 1.165) is 18.4 Å². The van der Waals surface area contributed by atoms with Crippen LogP contribution < -0.4 is 5.32 Å². The summed E-state index contributed by atoms with van der Waals surface area (Å²) in [6.07, 6.45) is 3.34. The van der Waals surface area contributed by atoms with Gasteiger partial charge in [0.25, 0.3) is 0 Å². The molecule has 25 heavy (non-hydrogen) atoms. The van der Waals surface area contributed by atoms with Crippen LogP contribution in [-0.4, -0.2) is 56.6 Å². The van der Waals surface area contributed by atoms with E-state index in [4.69, 9.17) is 4.74 Å². The number of carbonyl (C=O) groups is 1. The maximum Gasteiger partial charge on any atom is 0.317 e. The first-order valence-corrected chi connectivity index (χ1v) is 10.7. The van der Waals surface area contributed by atoms with E-state index in [0.29, 0.717) is 19.6 Å². The fraction of sp³-hybridized carbons (Fsp3) is 0.611. The van der Waals surface area contributed by atoms with Gasteiger partial charge in [-0.25, -0.2) is 13.2 Å². The first kappa shape index (κ1) is 18.2. The van der Waals surface area contributed by atoms with E-state index in [2.05, 4.69) is 5.32 Å². The lowest BCUT2D eigenvalue weighted by Gasteiger charge is -2.34. The molecule has 1 aromatic carbocycles. The van der Waals surface area contributed by atoms with Crippen molar-refractivity contribution in [2.45, 2.75) is 43.6 Å². The average molecular weight is 366 g/mol. The van der Waals surface area contributed by atoms with E-state index in [1.807, 2.05) is 31.2 Å². The van der Waals surface area contributed by atoms with Gasteiger partial charge in [0, 0.05) is 26.0 Å². The van der Waals surface area contributed by atoms with Crippen molar-refractivity contribution < 1.29 is 17.9 Å². The second-order valence-corrected chi connectivity index (χ2v) is 9.41. The summed E-state index contributed by atoms with van der Waals surface area (Å²) in [5.74, 6) is 0. The molecule has 2 fully saturated rings. The van der Waals surface area contributed by atoms with Crippen LogP contribution in [0, 0.1) is 6.92 Å². The highest BCUT2D eigenvalue weighted by atomic mass is 32.2. The smallest absolute Gasteiger partial charge is 0.317 e. The average Bonchev–Trinajstić information content (AvgIpc) is 3.07. The third-order valence-electron chi connectivity index (χ3n) is 5.07. The summed E-state index contributed by atoms with van der Waals surface area (Å²) in [5.41, 5.74) is 2.25. The van der Waals surface area contributed by atoms with Crippen LogP contribution in [0.25, 0.3) is 0 Å². The lowest BCUT2D eigenvalue weighted by molar-refractivity contribution is -0.00846. The van der Waals surface area contributed by atoms with Crippen LogP contribution in [0.1, 0.15) is 36.5 Å². The van der Waals surface area contributed by atoms with E-state index in [1.165, 1.54) is 11.8 Å². The predicted molar refractivity (Wildman–Crippen MR) is 96.2 cm³/mol. The highest BCUT2D eigenvalue weighted by Gasteiger charge is 2.35. The summed E-state index contributed by atoms with van der Waals surface area (Å²) >= 11 is 0. The van der Waals surface area contributed by atoms with Crippen molar-refractivity contribution in [1.82, 2.24) is 10.2 Å². The topological polar surface area (TPSA) is 75.7 Å². The van der Waals surface area contributed by atoms with Crippen molar-refractivity contribution in [3.63, 3.8) is 0 Å². The van der Waals surface area contributed by atoms with Gasteiger partial charge in [0.15, 0.2) is 9.84 Å². The maximum absolute atomic E-state index is 12.6. The van der Waals surface area contributed by atoms with E-state index < -0.39 is 15.1 Å². The van der Waals surface area contributed by atoms with Crippen LogP contribution in [0.5, 0.6) is 0 Å². The molecule has 3 atom stereocenters. The van der Waals surface area contributed by atoms with Crippen molar-refractivity contribution in [2.24, 2.45) is 0 Å². The monoisotopic (exact) mass is 366 g/mol. The van der Waals surface area contributed by atoms with Crippen LogP contribution >= 0.6 is 0 Å². The third kappa shape index (κ3) is 4.33. The summed E-state index contributed by atoms with van der Waals surface area (Å²) in [6, 6.07) is 7.88. The van der Waals surface area contributed by atoms with Gasteiger partial charge in [-0.05, 0) is 31.7 Å². The molecule has 138 valence electrons. The molecule has 0 saturated carbocycles. The zero-order valence-corrected chi connectivity index (χ0v) is 15.6. The standard InChI is InChI=1S/C18H26N2O4S/c1-13-5-7-14(8-6-13)17-16(4-3-11-24-17)19-18(21)20-10-9-15(12-20)25(2,22)23/h5-8,15-17H,3-4,9-12H2,1-2H3,(H,19,21). The molecule has 0 aliphatic carbocycles. The molecule has 0 aromatic heterocycles. The Bertz CT molecular complexity index is 717. The van der Waals surface area contributed by atoms with Crippen LogP contribution in [0.2, 0.25) is 0 Å². The minimum atomic E-state index is -3.11. The number of ether oxygens (including phenoxy) is 1. The molecule has 2 aliphatic heterocycles. The van der Waals surface area contributed by atoms with Crippen molar-refractivity contribution in [3.8, 4) is 0 Å². The molecule has 6 nitrogen and oxygen atoms in total. The normalized spacial score (nSPS) is 27.3. The predicted octanol–water partition coefficient (Wildman–Crippen LogP) is 2.04. The van der Waals surface area contributed by atoms with E-state index in [1.54, 1.807) is 4.90 Å². The van der Waals surface area contributed by atoms with Gasteiger partial charge in [-0.15, -0.1) is 0 Å². The maximum atomic E-state index is 12.6. The SMILES string of the molecule is Cc1ccc(C2OCCCC2NC(=O)N2CCC(S(C)(=O)=O)C2)cc1. The fourth-order valence-electron chi connectivity index (χ4n) is 3.53. The second-order valence-electron chi connectivity index (χ2n) is 7.09. The lowest BCUT2D eigenvalue weighted by atomic mass is 9.95. The van der Waals surface area contributed by atoms with E-state index in [9.17, 15) is 13.2 Å². The molecule has 3 unspecified atom stereocenters. The molecule has 7 heteroatoms. The first-order valence-electron chi connectivity index (χ1n) is 8.77. The van der Waals surface area contributed by atoms with Crippen molar-refractivity contribution in [3.05, 3.63) is 35.4 Å². The van der Waals surface area contributed by atoms with Crippen LogP contribution in [0.3, 0.4) is 0 Å². The number of carbonyl (C=O) groups excluding carboxylic acids is 1. The van der Waals surface area contributed by atoms with Gasteiger partial charge in [0.05, 0.1) is 11.3 Å². The summed E-state index contributed by atoms with van der Waals surface area (Å²) in [5, 5.41) is 2.61. The molecule has 0 bridgehead atoms. The Kier molecular flexibility index (Phi) is 5.34. The van der Waals surface area contributed by atoms with Gasteiger partial charge < -0.3 is 15.0 Å². The number of hydrogen-bond acceptors (Lipinski definition) is 4. The fourth-order valence-corrected chi connectivity index (χ4v) is 4.51. The molecular formula is C18H26N2O4S. The van der Waals surface area contributed by atoms with Crippen LogP contribution in [-0.2, 0) is 14.6 Å². The number of likely N-dealkylation sites (tertiary alicyclic amines) is 1. The van der Waals surface area contributed by atoms with Gasteiger partial charge in [0.2, 0.25) is 0 Å². The molecule has 1 N–H and O–H groups in total. The molecule has 2 saturated heterocycles. The zero-order valence-electron chi connectivity index (χ0n) is 14.8. The van der Waals surface area contributed by atoms with Crippen LogP contribution in [0.15, 0.2) is 24.3 Å². The summed E-state index contributed by atoms with van der Waals surface area (Å²) in [4.78, 5) is 14.2. The van der Waals surface area contributed by atoms with Crippen molar-refractivity contribution in [1.29, 1.82) is 0 Å². The minimum absolute atomic E-state index is 0.0961. The third-order valence-corrected chi connectivity index (χ3v) is 6.67. The van der Waals surface area contributed by atoms with Gasteiger partial charge in [0.1, 0.15) is 6.10 Å². The number of rotatable bonds is 3. The van der Waals surface area contributed by atoms with Gasteiger partial charge >= 0.3 is 6.03 Å². The number of urea groups is 1. The number of benzene rings is 1. The highest BCUT2D eigenvalue weighted by molar-refractivity contribution is 7.91. The number of nitrogens with zero attached hydrogens (tertiary/aromatic N) is 1. The molecule has 2 aliphatic rings. The summed E-state index contributed by atoms with van der Waals surface area (Å²) in [7, 11) is -3.11. The number of amides is 2. The van der Waals surface area contributed by atoms with E-state index >= 15 is 0 Å². The number of hydrogen-bond donors (Lipinski definition) is 1. The second kappa shape index (κ2) is 7.33. The molecule has 2 heterocycles. The van der Waals surface area contributed by atoms with Crippen LogP contribution in [0.4, 0.5) is 4.79 Å². The Balaban J connectivity index is 1.65. The Labute approximate surface area is 149 Å². The molecule has 2 amide bonds. The Morgan fingerprint density at radius 2 is 1.96 bits per heavy atom. The Hall–Kier alpha value is -1.60. The quantitative estimate of drug-likeness (QED) is 0.888. The van der Waals surface area contributed by atoms with Crippen molar-refractivity contribution in [2.75, 3.05) is 26.0 Å². The van der Waals surface area contributed by atoms with Crippen molar-refractivity contribution >= 4 is 15.9 Å². The first-order chi connectivity index (χ1) is 11.8. The minimum Gasteiger partial charge on any atom is -0.371 e. The molecule has 0 spiro atoms. The number of nitrogens with one attached hydrogen (secondary N) is 1. The zero-order chi connectivity index (χ0) is 18.0. The number of aryl methyl sites for hydroxylation is 1. The Morgan fingerprint density at radius 1 is 1.24 bits per heavy atom. The number of sulfone groups is 1. The molecule has 3 rings (SSSR count). The highest BCUT2D eigenvalue weighted by Crippen LogP contribution is 2.29.